The van der Waals surface area contributed by atoms with Crippen LogP contribution >= 0.6 is 0 Å². The number of aryl methyl sites for hydroxylation is 1. The second-order valence-corrected chi connectivity index (χ2v) is 10.1. The Kier molecular flexibility index (Phi) is 7.56. The van der Waals surface area contributed by atoms with Gasteiger partial charge in [0.05, 0.1) is 23.4 Å². The number of aromatic amines is 1. The number of piperidine rings is 1. The van der Waals surface area contributed by atoms with Crippen LogP contribution in [-0.4, -0.2) is 77.9 Å². The van der Waals surface area contributed by atoms with E-state index in [0.29, 0.717) is 17.9 Å². The van der Waals surface area contributed by atoms with Crippen LogP contribution in [0.5, 0.6) is 0 Å². The van der Waals surface area contributed by atoms with E-state index in [1.165, 1.54) is 5.69 Å². The molecule has 2 aliphatic rings. The summed E-state index contributed by atoms with van der Waals surface area (Å²) in [6.45, 7) is 11.1. The zero-order valence-corrected chi connectivity index (χ0v) is 20.9. The van der Waals surface area contributed by atoms with E-state index < -0.39 is 0 Å². The number of hydrogen-bond acceptors (Lipinski definition) is 5. The molecular weight excluding hydrogens is 428 g/mol. The molecule has 0 spiro atoms. The molecule has 0 aliphatic carbocycles. The normalized spacial score (nSPS) is 17.9. The number of amides is 2. The number of carbonyl (C=O) groups is 2. The number of imidazole rings is 1. The first-order valence-electron chi connectivity index (χ1n) is 12.5. The number of nitrogens with zero attached hydrogens (tertiary/aromatic N) is 4. The van der Waals surface area contributed by atoms with Gasteiger partial charge in [0, 0.05) is 62.9 Å². The quantitative estimate of drug-likeness (QED) is 0.681. The molecule has 4 rings (SSSR count). The number of benzene rings is 1. The van der Waals surface area contributed by atoms with E-state index in [-0.39, 0.29) is 17.7 Å². The third kappa shape index (κ3) is 5.60. The van der Waals surface area contributed by atoms with Crippen molar-refractivity contribution in [3.8, 4) is 0 Å². The predicted octanol–water partition coefficient (Wildman–Crippen LogP) is 3.47. The van der Waals surface area contributed by atoms with Crippen LogP contribution < -0.4 is 10.2 Å². The molecule has 1 aromatic carbocycles. The molecule has 0 bridgehead atoms. The number of hydrogen-bond donors (Lipinski definition) is 2. The van der Waals surface area contributed by atoms with Crippen LogP contribution in [0.15, 0.2) is 24.5 Å². The lowest BCUT2D eigenvalue weighted by Crippen LogP contribution is -2.47. The minimum absolute atomic E-state index is 0.0116. The third-order valence-corrected chi connectivity index (χ3v) is 6.99. The SMILES string of the molecule is Cc1[nH]cnc1C1CCN(c2ccc(C(=O)N3CCN(C)CC3)cc2NC(=O)CC(C)C)CC1. The van der Waals surface area contributed by atoms with Crippen LogP contribution in [0.4, 0.5) is 11.4 Å². The molecule has 3 heterocycles. The molecule has 2 aromatic rings. The van der Waals surface area contributed by atoms with Crippen LogP contribution in [0.25, 0.3) is 0 Å². The van der Waals surface area contributed by atoms with E-state index in [2.05, 4.69) is 39.1 Å². The molecule has 2 N–H and O–H groups in total. The van der Waals surface area contributed by atoms with Crippen LogP contribution in [0, 0.1) is 12.8 Å². The van der Waals surface area contributed by atoms with Gasteiger partial charge in [-0.25, -0.2) is 4.98 Å². The first kappa shape index (κ1) is 24.3. The van der Waals surface area contributed by atoms with E-state index in [4.69, 9.17) is 0 Å². The number of rotatable bonds is 6. The molecular formula is C26H38N6O2. The Morgan fingerprint density at radius 3 is 2.44 bits per heavy atom. The molecule has 8 heteroatoms. The van der Waals surface area contributed by atoms with Gasteiger partial charge in [0.25, 0.3) is 5.91 Å². The summed E-state index contributed by atoms with van der Waals surface area (Å²) in [6.07, 6.45) is 4.24. The average molecular weight is 467 g/mol. The Labute approximate surface area is 202 Å². The highest BCUT2D eigenvalue weighted by molar-refractivity contribution is 6.00. The zero-order chi connectivity index (χ0) is 24.2. The number of anilines is 2. The highest BCUT2D eigenvalue weighted by Gasteiger charge is 2.27. The molecule has 0 saturated carbocycles. The monoisotopic (exact) mass is 466 g/mol. The fourth-order valence-corrected chi connectivity index (χ4v) is 4.98. The van der Waals surface area contributed by atoms with Crippen molar-refractivity contribution in [1.82, 2.24) is 19.8 Å². The summed E-state index contributed by atoms with van der Waals surface area (Å²) in [5, 5.41) is 3.12. The molecule has 2 saturated heterocycles. The molecule has 2 aliphatic heterocycles. The number of piperazine rings is 1. The lowest BCUT2D eigenvalue weighted by molar-refractivity contribution is -0.116. The van der Waals surface area contributed by atoms with Crippen molar-refractivity contribution in [1.29, 1.82) is 0 Å². The van der Waals surface area contributed by atoms with Gasteiger partial charge < -0.3 is 25.0 Å². The van der Waals surface area contributed by atoms with Gasteiger partial charge in [-0.05, 0) is 50.9 Å². The maximum atomic E-state index is 13.2. The lowest BCUT2D eigenvalue weighted by atomic mass is 9.92. The van der Waals surface area contributed by atoms with Crippen molar-refractivity contribution >= 4 is 23.2 Å². The molecule has 2 amide bonds. The third-order valence-electron chi connectivity index (χ3n) is 6.99. The maximum absolute atomic E-state index is 13.2. The largest absolute Gasteiger partial charge is 0.370 e. The summed E-state index contributed by atoms with van der Waals surface area (Å²) in [4.78, 5) is 40.1. The van der Waals surface area contributed by atoms with E-state index in [1.54, 1.807) is 6.33 Å². The number of likely N-dealkylation sites (N-methyl/N-ethyl adjacent to an activating group) is 1. The maximum Gasteiger partial charge on any atom is 0.254 e. The summed E-state index contributed by atoms with van der Waals surface area (Å²) in [5.74, 6) is 0.736. The molecule has 0 atom stereocenters. The van der Waals surface area contributed by atoms with E-state index in [1.807, 2.05) is 36.9 Å². The Bertz CT molecular complexity index is 1000. The minimum atomic E-state index is -0.0116. The number of carbonyl (C=O) groups excluding carboxylic acids is 2. The van der Waals surface area contributed by atoms with Gasteiger partial charge in [-0.1, -0.05) is 13.8 Å². The Morgan fingerprint density at radius 1 is 1.12 bits per heavy atom. The van der Waals surface area contributed by atoms with Gasteiger partial charge in [-0.2, -0.15) is 0 Å². The van der Waals surface area contributed by atoms with E-state index >= 15 is 0 Å². The first-order chi connectivity index (χ1) is 16.3. The standard InChI is InChI=1S/C26H38N6O2/c1-18(2)15-24(33)29-22-16-21(26(34)32-13-11-30(4)12-14-32)5-6-23(22)31-9-7-20(8-10-31)25-19(3)27-17-28-25/h5-6,16-18,20H,7-15H2,1-4H3,(H,27,28)(H,29,33). The molecule has 34 heavy (non-hydrogen) atoms. The fraction of sp³-hybridized carbons (Fsp3) is 0.577. The number of aromatic nitrogens is 2. The molecule has 1 aromatic heterocycles. The van der Waals surface area contributed by atoms with Gasteiger partial charge in [0.2, 0.25) is 5.91 Å². The lowest BCUT2D eigenvalue weighted by Gasteiger charge is -2.35. The summed E-state index contributed by atoms with van der Waals surface area (Å²) in [7, 11) is 2.08. The topological polar surface area (TPSA) is 84.6 Å². The highest BCUT2D eigenvalue weighted by atomic mass is 16.2. The molecule has 184 valence electrons. The van der Waals surface area contributed by atoms with E-state index in [0.717, 1.165) is 69.2 Å². The Balaban J connectivity index is 1.53. The van der Waals surface area contributed by atoms with Gasteiger partial charge >= 0.3 is 0 Å². The molecule has 0 unspecified atom stereocenters. The fourth-order valence-electron chi connectivity index (χ4n) is 4.98. The van der Waals surface area contributed by atoms with Gasteiger partial charge in [0.15, 0.2) is 0 Å². The Hall–Kier alpha value is -2.87. The van der Waals surface area contributed by atoms with Crippen molar-refractivity contribution in [3.63, 3.8) is 0 Å². The second-order valence-electron chi connectivity index (χ2n) is 10.1. The zero-order valence-electron chi connectivity index (χ0n) is 20.9. The smallest absolute Gasteiger partial charge is 0.254 e. The van der Waals surface area contributed by atoms with Crippen molar-refractivity contribution in [2.24, 2.45) is 5.92 Å². The van der Waals surface area contributed by atoms with Gasteiger partial charge in [0.1, 0.15) is 0 Å². The van der Waals surface area contributed by atoms with Crippen LogP contribution in [0.1, 0.15) is 60.8 Å². The molecule has 8 nitrogen and oxygen atoms in total. The van der Waals surface area contributed by atoms with Crippen LogP contribution in [0.3, 0.4) is 0 Å². The Morgan fingerprint density at radius 2 is 1.82 bits per heavy atom. The molecule has 0 radical (unpaired) electrons. The summed E-state index contributed by atoms with van der Waals surface area (Å²) < 4.78 is 0. The van der Waals surface area contributed by atoms with Crippen molar-refractivity contribution < 1.29 is 9.59 Å². The second kappa shape index (κ2) is 10.6. The van der Waals surface area contributed by atoms with Crippen LogP contribution in [0.2, 0.25) is 0 Å². The first-order valence-corrected chi connectivity index (χ1v) is 12.5. The summed E-state index contributed by atoms with van der Waals surface area (Å²) >= 11 is 0. The minimum Gasteiger partial charge on any atom is -0.370 e. The van der Waals surface area contributed by atoms with Crippen molar-refractivity contribution in [2.45, 2.75) is 46.0 Å². The van der Waals surface area contributed by atoms with Crippen molar-refractivity contribution in [3.05, 3.63) is 41.5 Å². The predicted molar refractivity (Wildman–Crippen MR) is 135 cm³/mol. The van der Waals surface area contributed by atoms with Crippen molar-refractivity contribution in [2.75, 3.05) is 56.5 Å². The number of H-pyrrole nitrogens is 1. The van der Waals surface area contributed by atoms with Gasteiger partial charge in [-0.3, -0.25) is 9.59 Å². The highest BCUT2D eigenvalue weighted by Crippen LogP contribution is 2.35. The van der Waals surface area contributed by atoms with Gasteiger partial charge in [-0.15, -0.1) is 0 Å². The van der Waals surface area contributed by atoms with E-state index in [9.17, 15) is 9.59 Å². The summed E-state index contributed by atoms with van der Waals surface area (Å²) in [5.41, 5.74) is 4.67. The summed E-state index contributed by atoms with van der Waals surface area (Å²) in [6, 6.07) is 5.80. The number of nitrogens with one attached hydrogen (secondary N) is 2. The van der Waals surface area contributed by atoms with Crippen LogP contribution in [-0.2, 0) is 4.79 Å². The average Bonchev–Trinajstić information content (AvgIpc) is 3.24. The molecule has 2 fully saturated rings.